The summed E-state index contributed by atoms with van der Waals surface area (Å²) >= 11 is 0. The van der Waals surface area contributed by atoms with Crippen molar-refractivity contribution >= 4 is 58.5 Å². The smallest absolute Gasteiger partial charge is 0.381 e. The van der Waals surface area contributed by atoms with Crippen molar-refractivity contribution in [1.82, 2.24) is 34.5 Å². The lowest BCUT2D eigenvalue weighted by atomic mass is 9.61. The first-order valence-electron chi connectivity index (χ1n) is 48.9. The normalized spacial score (nSPS) is 30.4. The lowest BCUT2D eigenvalue weighted by Gasteiger charge is -2.45. The van der Waals surface area contributed by atoms with Gasteiger partial charge in [-0.3, -0.25) is 43.8 Å². The fourth-order valence-corrected chi connectivity index (χ4v) is 24.3. The second-order valence-corrected chi connectivity index (χ2v) is 41.1. The minimum atomic E-state index is -4.39. The molecule has 4 aliphatic heterocycles. The van der Waals surface area contributed by atoms with Crippen molar-refractivity contribution in [2.45, 2.75) is 265 Å². The summed E-state index contributed by atoms with van der Waals surface area (Å²) in [5.74, 6) is 29.1. The average Bonchev–Trinajstić information content (AvgIpc) is 1.55. The molecule has 8 N–H and O–H groups in total. The van der Waals surface area contributed by atoms with E-state index in [4.69, 9.17) is 66.8 Å². The van der Waals surface area contributed by atoms with Crippen molar-refractivity contribution < 1.29 is 51.3 Å². The number of guanidine groups is 4. The molecule has 8 saturated carbocycles. The van der Waals surface area contributed by atoms with Gasteiger partial charge in [0, 0.05) is 122 Å². The first-order chi connectivity index (χ1) is 64.6. The van der Waals surface area contributed by atoms with Crippen molar-refractivity contribution in [1.29, 1.82) is 0 Å². The summed E-state index contributed by atoms with van der Waals surface area (Å²) in [5, 5.41) is 0. The molecule has 0 saturated heterocycles. The maximum atomic E-state index is 14.6. The number of nitrogens with two attached hydrogens (primary N) is 4. The molecule has 8 spiro atoms. The molecule has 8 fully saturated rings. The molecule has 1 aromatic heterocycles. The summed E-state index contributed by atoms with van der Waals surface area (Å²) in [4.78, 5) is 94.1. The Balaban J connectivity index is 0.000000115. The number of hydrogen-bond donors (Lipinski definition) is 4. The van der Waals surface area contributed by atoms with Gasteiger partial charge in [0.25, 0.3) is 23.6 Å². The molecule has 4 unspecified atom stereocenters. The van der Waals surface area contributed by atoms with Gasteiger partial charge in [-0.1, -0.05) is 97.1 Å². The van der Waals surface area contributed by atoms with Gasteiger partial charge in [0.2, 0.25) is 0 Å². The van der Waals surface area contributed by atoms with Crippen LogP contribution in [0.3, 0.4) is 0 Å². The number of benzene rings is 5. The number of aliphatic imine (C=N–C) groups is 4. The Morgan fingerprint density at radius 2 is 0.709 bits per heavy atom. The van der Waals surface area contributed by atoms with Crippen LogP contribution in [0.5, 0.6) is 0 Å². The van der Waals surface area contributed by atoms with Gasteiger partial charge < -0.3 is 46.8 Å². The van der Waals surface area contributed by atoms with E-state index in [1.165, 1.54) is 55.2 Å². The third kappa shape index (κ3) is 16.6. The zero-order valence-corrected chi connectivity index (χ0v) is 78.5. The molecule has 23 nitrogen and oxygen atoms in total. The van der Waals surface area contributed by atoms with E-state index in [0.717, 1.165) is 207 Å². The van der Waals surface area contributed by atoms with E-state index in [0.29, 0.717) is 73.6 Å². The number of ether oxygens (including phenoxy) is 4. The molecule has 12 aliphatic carbocycles. The highest BCUT2D eigenvalue weighted by Gasteiger charge is 2.71. The van der Waals surface area contributed by atoms with E-state index in [2.05, 4.69) is 119 Å². The van der Waals surface area contributed by atoms with E-state index in [9.17, 15) is 32.3 Å². The van der Waals surface area contributed by atoms with Crippen LogP contribution in [-0.2, 0) is 92.5 Å². The number of aromatic nitrogens is 2. The van der Waals surface area contributed by atoms with Crippen LogP contribution in [0.15, 0.2) is 123 Å². The first kappa shape index (κ1) is 92.1. The quantitative estimate of drug-likeness (QED) is 0.0737. The maximum Gasteiger partial charge on any atom is 0.390 e. The molecule has 0 bridgehead atoms. The molecule has 22 rings (SSSR count). The first-order valence-corrected chi connectivity index (χ1v) is 48.9. The molecule has 16 aliphatic rings. The Hall–Kier alpha value is -11.0. The second-order valence-electron chi connectivity index (χ2n) is 41.1. The lowest BCUT2D eigenvalue weighted by molar-refractivity contribution is -0.146. The van der Waals surface area contributed by atoms with Crippen molar-refractivity contribution in [3.05, 3.63) is 176 Å². The summed E-state index contributed by atoms with van der Waals surface area (Å²) in [5.41, 5.74) is 34.5. The van der Waals surface area contributed by atoms with E-state index in [1.807, 2.05) is 56.6 Å². The van der Waals surface area contributed by atoms with E-state index < -0.39 is 52.6 Å². The number of fused-ring (bicyclic) bond motifs is 13. The Morgan fingerprint density at radius 3 is 1.01 bits per heavy atom. The van der Waals surface area contributed by atoms with Crippen LogP contribution in [0.2, 0.25) is 0 Å². The number of unbranched alkanes of at least 4 members (excludes halogenated alkanes) is 1. The largest absolute Gasteiger partial charge is 0.390 e. The SMILES string of the molecule is CCCCN1C(=O)C2(N=C1N)c1cc(C#CC3CC3)ccc1CC21CCC(OC)CC1.COC1CCC2(CC1)Cc1ccc(C#CC3CC3)cc1C21N=C(N)N(CCC(F)(F)F)C1=O.COC1CCC2(CC1)Cc1ccc(C#CC3CC3)cc1C21N=C(N)N(CCN(C)C)C1=O.COC1CCC2(CC1)Cc1ccc(C#CC3CC3)cc1C21N=C(N)N(Cc2cnc3ccccc3n2)C1=O. The summed E-state index contributed by atoms with van der Waals surface area (Å²) in [7, 11) is 11.0. The number of hydrogen-bond acceptors (Lipinski definition) is 19. The predicted octanol–water partition coefficient (Wildman–Crippen LogP) is 14.2. The maximum absolute atomic E-state index is 14.6. The molecule has 702 valence electrons. The van der Waals surface area contributed by atoms with Crippen LogP contribution in [0.1, 0.15) is 253 Å². The molecular weight excluding hydrogens is 1690 g/mol. The minimum absolute atomic E-state index is 0.0405. The number of amides is 4. The molecule has 4 amide bonds. The van der Waals surface area contributed by atoms with Gasteiger partial charge in [0.1, 0.15) is 0 Å². The molecule has 5 heterocycles. The topological polar surface area (TPSA) is 301 Å². The van der Waals surface area contributed by atoms with E-state index in [1.54, 1.807) is 49.3 Å². The number of likely N-dealkylation sites (N-methyl/N-ethyl adjacent to an activating group) is 1. The van der Waals surface area contributed by atoms with Crippen LogP contribution < -0.4 is 22.9 Å². The third-order valence-corrected chi connectivity index (χ3v) is 32.5. The van der Waals surface area contributed by atoms with Crippen molar-refractivity contribution in [2.75, 3.05) is 68.7 Å². The van der Waals surface area contributed by atoms with Gasteiger partial charge in [0.05, 0.1) is 60.3 Å². The predicted molar refractivity (Wildman–Crippen MR) is 508 cm³/mol. The standard InChI is InChI=1S/C31H31N5O2.C26H34N4O2.C26H33N3O2.C25H28F3N3O2/c1-38-24-12-14-30(15-13-24)17-22-11-10-21(9-8-20-6-7-20)16-25(22)31(30)28(37)36(29(32)35-31)19-23-18-33-26-4-2-3-5-27(26)34-23;1-29(2)14-15-30-23(31)26(28-24(30)27)22-16-19(7-6-18-4-5-18)8-9-20(22)17-25(26)12-10-21(32-3)11-13-25;1-3-4-15-29-23(30)26(28-24(29)27)22-16-19(8-7-18-5-6-18)9-10-20(22)17-25(26)13-11-21(31-2)12-14-25;1-33-19-8-10-23(11-9-19)15-18-7-6-17(5-4-16-2-3-16)14-20(18)25(23)21(32)31(22(29)30-25)13-12-24(26,27)28/h2-5,10-11,16,18,20,24H,6-7,12-15,17,19H2,1H3,(H2,32,35);8-9,16,18,21H,4-5,10-15,17H2,1-3H3,(H2,27,28);9-10,16,18,21H,3-6,11-15,17H2,1-2H3,(H2,27,28);6-7,14,16,19H,2-3,8-13,15H2,1H3,(H2,29,30). The Bertz CT molecular complexity index is 6030. The fraction of sp³-hybridized carbons (Fsp3) is 0.556. The minimum Gasteiger partial charge on any atom is -0.381 e. The highest BCUT2D eigenvalue weighted by Crippen LogP contribution is 2.67. The van der Waals surface area contributed by atoms with Crippen LogP contribution in [0, 0.1) is 92.7 Å². The van der Waals surface area contributed by atoms with Gasteiger partial charge in [0.15, 0.2) is 46.0 Å². The van der Waals surface area contributed by atoms with Crippen molar-refractivity contribution in [2.24, 2.45) is 88.2 Å². The lowest BCUT2D eigenvalue weighted by Crippen LogP contribution is -2.53. The van der Waals surface area contributed by atoms with Crippen LogP contribution in [0.4, 0.5) is 13.2 Å². The Morgan fingerprint density at radius 1 is 0.410 bits per heavy atom. The Labute approximate surface area is 785 Å². The van der Waals surface area contributed by atoms with E-state index >= 15 is 0 Å². The van der Waals surface area contributed by atoms with Gasteiger partial charge in [-0.05, 0) is 305 Å². The average molecular weight is 1820 g/mol. The molecule has 6 aromatic rings. The Kier molecular flexibility index (Phi) is 24.9. The fourth-order valence-electron chi connectivity index (χ4n) is 24.3. The van der Waals surface area contributed by atoms with Gasteiger partial charge in [-0.25, -0.2) is 25.0 Å². The second kappa shape index (κ2) is 36.3. The number of methoxy groups -OCH3 is 4. The van der Waals surface area contributed by atoms with Crippen LogP contribution in [0.25, 0.3) is 11.0 Å². The molecule has 26 heteroatoms. The van der Waals surface area contributed by atoms with Crippen molar-refractivity contribution in [3.8, 4) is 47.4 Å². The van der Waals surface area contributed by atoms with Crippen molar-refractivity contribution in [3.63, 3.8) is 0 Å². The summed E-state index contributed by atoms with van der Waals surface area (Å²) in [6.07, 6.45) is 25.5. The van der Waals surface area contributed by atoms with E-state index in [-0.39, 0.29) is 76.8 Å². The number of alkyl halides is 3. The summed E-state index contributed by atoms with van der Waals surface area (Å²) in [6, 6.07) is 32.8. The highest BCUT2D eigenvalue weighted by molar-refractivity contribution is 6.11. The van der Waals surface area contributed by atoms with Gasteiger partial charge in [-0.2, -0.15) is 13.2 Å². The zero-order valence-electron chi connectivity index (χ0n) is 78.5. The molecular formula is C108H126F3N15O8. The van der Waals surface area contributed by atoms with Gasteiger partial charge in [-0.15, -0.1) is 0 Å². The highest BCUT2D eigenvalue weighted by atomic mass is 19.4. The third-order valence-electron chi connectivity index (χ3n) is 32.5. The number of halogens is 3. The zero-order chi connectivity index (χ0) is 93.5. The van der Waals surface area contributed by atoms with Crippen LogP contribution >= 0.6 is 0 Å². The number of para-hydroxylation sites is 2. The number of rotatable bonds is 14. The number of carbonyl (C=O) groups excluding carboxylic acids is 4. The van der Waals surface area contributed by atoms with Gasteiger partial charge >= 0.3 is 6.18 Å². The van der Waals surface area contributed by atoms with Crippen LogP contribution in [-0.4, -0.2) is 181 Å². The molecule has 0 radical (unpaired) electrons. The molecule has 4 atom stereocenters. The molecule has 5 aromatic carbocycles. The molecule has 134 heavy (non-hydrogen) atoms. The summed E-state index contributed by atoms with van der Waals surface area (Å²) in [6.45, 7) is 3.78. The summed E-state index contributed by atoms with van der Waals surface area (Å²) < 4.78 is 61.4. The monoisotopic (exact) mass is 1820 g/mol. The number of nitrogens with zero attached hydrogens (tertiary/aromatic N) is 11. The number of carbonyl (C=O) groups is 4.